The van der Waals surface area contributed by atoms with E-state index in [0.29, 0.717) is 0 Å². The van der Waals surface area contributed by atoms with Gasteiger partial charge in [0, 0.05) is 17.3 Å². The Morgan fingerprint density at radius 3 is 2.35 bits per heavy atom. The van der Waals surface area contributed by atoms with E-state index < -0.39 is 0 Å². The molecule has 0 aliphatic heterocycles. The quantitative estimate of drug-likeness (QED) is 0.685. The van der Waals surface area contributed by atoms with Crippen LogP contribution in [0, 0.1) is 27.7 Å². The van der Waals surface area contributed by atoms with Crippen LogP contribution in [0.25, 0.3) is 11.3 Å². The lowest BCUT2D eigenvalue weighted by atomic mass is 10.0. The molecule has 0 fully saturated rings. The standard InChI is InChI=1S/C15H19N2/c1-10-6-7-14(17(5)9-10)15-11(2)8-12(3)16-13(15)4/h6-9H,1-5H3/q+1. The molecule has 0 spiro atoms. The highest BCUT2D eigenvalue weighted by atomic mass is 14.9. The zero-order chi connectivity index (χ0) is 12.6. The summed E-state index contributed by atoms with van der Waals surface area (Å²) in [6.45, 7) is 8.38. The first-order chi connectivity index (χ1) is 7.99. The van der Waals surface area contributed by atoms with Crippen molar-refractivity contribution in [2.45, 2.75) is 27.7 Å². The molecule has 17 heavy (non-hydrogen) atoms. The Morgan fingerprint density at radius 1 is 1.06 bits per heavy atom. The van der Waals surface area contributed by atoms with Gasteiger partial charge in [0.25, 0.3) is 0 Å². The molecule has 2 rings (SSSR count). The van der Waals surface area contributed by atoms with Gasteiger partial charge >= 0.3 is 0 Å². The van der Waals surface area contributed by atoms with Crippen molar-refractivity contribution in [3.63, 3.8) is 0 Å². The van der Waals surface area contributed by atoms with Gasteiger partial charge in [-0.05, 0) is 45.4 Å². The highest BCUT2D eigenvalue weighted by molar-refractivity contribution is 5.63. The van der Waals surface area contributed by atoms with Crippen LogP contribution >= 0.6 is 0 Å². The predicted molar refractivity (Wildman–Crippen MR) is 69.8 cm³/mol. The van der Waals surface area contributed by atoms with E-state index in [0.717, 1.165) is 11.4 Å². The van der Waals surface area contributed by atoms with Gasteiger partial charge in [-0.25, -0.2) is 4.57 Å². The molecule has 0 unspecified atom stereocenters. The topological polar surface area (TPSA) is 16.8 Å². The Bertz CT molecular complexity index is 548. The summed E-state index contributed by atoms with van der Waals surface area (Å²) in [5.41, 5.74) is 7.21. The fourth-order valence-corrected chi connectivity index (χ4v) is 2.42. The van der Waals surface area contributed by atoms with E-state index in [4.69, 9.17) is 0 Å². The zero-order valence-electron chi connectivity index (χ0n) is 11.2. The van der Waals surface area contributed by atoms with Crippen molar-refractivity contribution >= 4 is 0 Å². The van der Waals surface area contributed by atoms with Gasteiger partial charge < -0.3 is 0 Å². The first-order valence-corrected chi connectivity index (χ1v) is 5.90. The van der Waals surface area contributed by atoms with E-state index >= 15 is 0 Å². The Kier molecular flexibility index (Phi) is 2.97. The average molecular weight is 227 g/mol. The second kappa shape index (κ2) is 4.28. The zero-order valence-corrected chi connectivity index (χ0v) is 11.2. The summed E-state index contributed by atoms with van der Waals surface area (Å²) in [4.78, 5) is 4.56. The van der Waals surface area contributed by atoms with E-state index in [-0.39, 0.29) is 0 Å². The molecule has 0 amide bonds. The van der Waals surface area contributed by atoms with E-state index in [2.05, 4.69) is 61.8 Å². The van der Waals surface area contributed by atoms with Gasteiger partial charge in [0.2, 0.25) is 5.69 Å². The van der Waals surface area contributed by atoms with Crippen LogP contribution in [0.5, 0.6) is 0 Å². The number of hydrogen-bond acceptors (Lipinski definition) is 1. The summed E-state index contributed by atoms with van der Waals surface area (Å²) in [7, 11) is 2.08. The lowest BCUT2D eigenvalue weighted by Crippen LogP contribution is -2.31. The van der Waals surface area contributed by atoms with Crippen molar-refractivity contribution in [3.05, 3.63) is 46.9 Å². The van der Waals surface area contributed by atoms with Gasteiger partial charge in [-0.1, -0.05) is 0 Å². The monoisotopic (exact) mass is 227 g/mol. The molecule has 2 aromatic rings. The molecule has 0 aliphatic rings. The summed E-state index contributed by atoms with van der Waals surface area (Å²) in [6.07, 6.45) is 2.15. The van der Waals surface area contributed by atoms with Gasteiger partial charge in [-0.15, -0.1) is 0 Å². The second-order valence-electron chi connectivity index (χ2n) is 4.74. The fraction of sp³-hybridized carbons (Fsp3) is 0.333. The lowest BCUT2D eigenvalue weighted by molar-refractivity contribution is -0.660. The Hall–Kier alpha value is -1.70. The predicted octanol–water partition coefficient (Wildman–Crippen LogP) is 2.81. The summed E-state index contributed by atoms with van der Waals surface area (Å²) in [5, 5.41) is 0. The van der Waals surface area contributed by atoms with Crippen LogP contribution in [-0.2, 0) is 7.05 Å². The molecule has 88 valence electrons. The highest BCUT2D eigenvalue weighted by Gasteiger charge is 2.16. The van der Waals surface area contributed by atoms with Crippen LogP contribution in [0.4, 0.5) is 0 Å². The van der Waals surface area contributed by atoms with Gasteiger partial charge in [0.15, 0.2) is 6.20 Å². The van der Waals surface area contributed by atoms with Crippen molar-refractivity contribution in [2.24, 2.45) is 7.05 Å². The minimum absolute atomic E-state index is 1.08. The molecular weight excluding hydrogens is 208 g/mol. The minimum Gasteiger partial charge on any atom is -0.258 e. The third kappa shape index (κ3) is 2.21. The Balaban J connectivity index is 2.68. The minimum atomic E-state index is 1.08. The van der Waals surface area contributed by atoms with Crippen molar-refractivity contribution in [3.8, 4) is 11.3 Å². The second-order valence-corrected chi connectivity index (χ2v) is 4.74. The highest BCUT2D eigenvalue weighted by Crippen LogP contribution is 2.23. The Morgan fingerprint density at radius 2 is 1.76 bits per heavy atom. The van der Waals surface area contributed by atoms with Crippen LogP contribution in [0.2, 0.25) is 0 Å². The molecule has 0 saturated heterocycles. The van der Waals surface area contributed by atoms with Crippen molar-refractivity contribution in [1.82, 2.24) is 4.98 Å². The average Bonchev–Trinajstić information content (AvgIpc) is 2.19. The fourth-order valence-electron chi connectivity index (χ4n) is 2.42. The molecule has 2 heteroatoms. The van der Waals surface area contributed by atoms with Crippen LogP contribution in [0.3, 0.4) is 0 Å². The summed E-state index contributed by atoms with van der Waals surface area (Å²) in [5.74, 6) is 0. The SMILES string of the molecule is Cc1ccc(-c2c(C)cc(C)nc2C)[n+](C)c1. The molecule has 0 bridgehead atoms. The van der Waals surface area contributed by atoms with Crippen LogP contribution < -0.4 is 4.57 Å². The van der Waals surface area contributed by atoms with Crippen LogP contribution in [-0.4, -0.2) is 4.98 Å². The largest absolute Gasteiger partial charge is 0.258 e. The molecule has 2 aromatic heterocycles. The van der Waals surface area contributed by atoms with Crippen molar-refractivity contribution in [1.29, 1.82) is 0 Å². The van der Waals surface area contributed by atoms with Crippen LogP contribution in [0.15, 0.2) is 24.4 Å². The van der Waals surface area contributed by atoms with E-state index in [9.17, 15) is 0 Å². The number of pyridine rings is 2. The lowest BCUT2D eigenvalue weighted by Gasteiger charge is -2.09. The number of rotatable bonds is 1. The van der Waals surface area contributed by atoms with E-state index in [1.54, 1.807) is 0 Å². The van der Waals surface area contributed by atoms with Crippen molar-refractivity contribution < 1.29 is 4.57 Å². The van der Waals surface area contributed by atoms with E-state index in [1.807, 2.05) is 6.92 Å². The van der Waals surface area contributed by atoms with E-state index in [1.165, 1.54) is 22.4 Å². The Labute approximate surface area is 103 Å². The molecule has 2 heterocycles. The van der Waals surface area contributed by atoms with Gasteiger partial charge in [-0.3, -0.25) is 4.98 Å². The summed E-state index contributed by atoms with van der Waals surface area (Å²) < 4.78 is 2.17. The molecule has 0 aliphatic carbocycles. The van der Waals surface area contributed by atoms with Crippen LogP contribution in [0.1, 0.15) is 22.5 Å². The van der Waals surface area contributed by atoms with Crippen molar-refractivity contribution in [2.75, 3.05) is 0 Å². The van der Waals surface area contributed by atoms with Gasteiger partial charge in [-0.2, -0.15) is 0 Å². The molecule has 0 atom stereocenters. The molecular formula is C15H19N2+. The maximum absolute atomic E-state index is 4.56. The number of hydrogen-bond donors (Lipinski definition) is 0. The smallest absolute Gasteiger partial charge is 0.214 e. The number of aryl methyl sites for hydroxylation is 5. The maximum Gasteiger partial charge on any atom is 0.214 e. The third-order valence-corrected chi connectivity index (χ3v) is 3.06. The molecule has 2 nitrogen and oxygen atoms in total. The van der Waals surface area contributed by atoms with Gasteiger partial charge in [0.1, 0.15) is 7.05 Å². The molecule has 0 aromatic carbocycles. The first kappa shape index (κ1) is 11.8. The summed E-state index contributed by atoms with van der Waals surface area (Å²) in [6, 6.07) is 6.46. The normalized spacial score (nSPS) is 10.6. The first-order valence-electron chi connectivity index (χ1n) is 5.90. The number of nitrogens with zero attached hydrogens (tertiary/aromatic N) is 2. The number of aromatic nitrogens is 2. The van der Waals surface area contributed by atoms with Gasteiger partial charge in [0.05, 0.1) is 11.3 Å². The molecule has 0 saturated carbocycles. The third-order valence-electron chi connectivity index (χ3n) is 3.06. The molecule has 0 radical (unpaired) electrons. The molecule has 0 N–H and O–H groups in total. The summed E-state index contributed by atoms with van der Waals surface area (Å²) >= 11 is 0. The maximum atomic E-state index is 4.56.